The molecule has 0 spiro atoms. The summed E-state index contributed by atoms with van der Waals surface area (Å²) in [5.41, 5.74) is 13.6. The Bertz CT molecular complexity index is 559. The molecule has 1 aromatic heterocycles. The number of para-hydroxylation sites is 1. The molecule has 0 amide bonds. The van der Waals surface area contributed by atoms with E-state index in [0.29, 0.717) is 6.54 Å². The second kappa shape index (κ2) is 5.33. The maximum absolute atomic E-state index is 11.6. The van der Waals surface area contributed by atoms with Crippen LogP contribution in [0.4, 0.5) is 0 Å². The summed E-state index contributed by atoms with van der Waals surface area (Å²) in [6, 6.07) is 7.77. The zero-order valence-corrected chi connectivity index (χ0v) is 10.6. The number of carbonyl (C=O) groups excluding carboxylic acids is 1. The van der Waals surface area contributed by atoms with Gasteiger partial charge in [-0.15, -0.1) is 0 Å². The largest absolute Gasteiger partial charge is 0.330 e. The second-order valence-electron chi connectivity index (χ2n) is 4.53. The zero-order valence-electron chi connectivity index (χ0n) is 10.6. The van der Waals surface area contributed by atoms with Gasteiger partial charge >= 0.3 is 0 Å². The van der Waals surface area contributed by atoms with Crippen molar-refractivity contribution in [3.63, 3.8) is 0 Å². The van der Waals surface area contributed by atoms with Gasteiger partial charge in [0.25, 0.3) is 0 Å². The Kier molecular flexibility index (Phi) is 3.79. The van der Waals surface area contributed by atoms with Crippen molar-refractivity contribution in [3.05, 3.63) is 36.0 Å². The molecule has 0 aliphatic heterocycles. The molecule has 1 atom stereocenters. The Balaban J connectivity index is 2.47. The Morgan fingerprint density at radius 3 is 2.78 bits per heavy atom. The van der Waals surface area contributed by atoms with E-state index in [1.165, 1.54) is 0 Å². The molecule has 4 N–H and O–H groups in total. The molecule has 18 heavy (non-hydrogen) atoms. The van der Waals surface area contributed by atoms with E-state index in [1.807, 2.05) is 30.5 Å². The van der Waals surface area contributed by atoms with Crippen molar-refractivity contribution >= 4 is 16.8 Å². The third-order valence-electron chi connectivity index (χ3n) is 3.20. The minimum atomic E-state index is -0.0703. The van der Waals surface area contributed by atoms with Crippen molar-refractivity contribution in [1.29, 1.82) is 0 Å². The summed E-state index contributed by atoms with van der Waals surface area (Å²) in [5.74, 6) is 0.00322. The highest BCUT2D eigenvalue weighted by molar-refractivity contribution is 5.93. The first kappa shape index (κ1) is 12.8. The fourth-order valence-electron chi connectivity index (χ4n) is 2.26. The number of hydrogen-bond acceptors (Lipinski definition) is 3. The van der Waals surface area contributed by atoms with Crippen LogP contribution in [0, 0.1) is 0 Å². The minimum absolute atomic E-state index is 0.00322. The molecule has 0 radical (unpaired) electrons. The summed E-state index contributed by atoms with van der Waals surface area (Å²) in [6.07, 6.45) is 3.58. The van der Waals surface area contributed by atoms with Crippen molar-refractivity contribution < 1.29 is 4.79 Å². The van der Waals surface area contributed by atoms with Gasteiger partial charge in [0.05, 0.1) is 5.52 Å². The van der Waals surface area contributed by atoms with Crippen molar-refractivity contribution in [2.45, 2.75) is 25.8 Å². The number of benzene rings is 1. The number of nitrogens with two attached hydrogens (primary N) is 2. The first-order valence-corrected chi connectivity index (χ1v) is 6.21. The fraction of sp³-hybridized carbons (Fsp3) is 0.357. The van der Waals surface area contributed by atoms with Crippen LogP contribution >= 0.6 is 0 Å². The number of nitrogens with zero attached hydrogens (tertiary/aromatic N) is 1. The standard InChI is InChI=1S/C14H19N3O/c1-10(18)17-9-12(13(16)6-4-8-15)11-5-2-3-7-14(11)17/h2-3,5,7,9,13H,4,6,8,15-16H2,1H3/t13-/m0/s1. The van der Waals surface area contributed by atoms with Crippen molar-refractivity contribution in [2.75, 3.05) is 6.54 Å². The molecule has 1 aromatic carbocycles. The molecule has 4 heteroatoms. The lowest BCUT2D eigenvalue weighted by Crippen LogP contribution is -2.12. The van der Waals surface area contributed by atoms with Gasteiger partial charge in [0.15, 0.2) is 0 Å². The quantitative estimate of drug-likeness (QED) is 0.865. The SMILES string of the molecule is CC(=O)n1cc([C@@H](N)CCCN)c2ccccc21. The van der Waals surface area contributed by atoms with Gasteiger partial charge in [-0.3, -0.25) is 9.36 Å². The molecule has 2 aromatic rings. The molecule has 96 valence electrons. The summed E-state index contributed by atoms with van der Waals surface area (Å²) < 4.78 is 1.66. The number of rotatable bonds is 4. The van der Waals surface area contributed by atoms with E-state index in [4.69, 9.17) is 11.5 Å². The van der Waals surface area contributed by atoms with E-state index in [9.17, 15) is 4.79 Å². The highest BCUT2D eigenvalue weighted by Gasteiger charge is 2.15. The van der Waals surface area contributed by atoms with Crippen molar-refractivity contribution in [2.24, 2.45) is 11.5 Å². The first-order valence-electron chi connectivity index (χ1n) is 6.21. The second-order valence-corrected chi connectivity index (χ2v) is 4.53. The average Bonchev–Trinajstić information content (AvgIpc) is 2.75. The highest BCUT2D eigenvalue weighted by Crippen LogP contribution is 2.27. The number of carbonyl (C=O) groups is 1. The number of hydrogen-bond donors (Lipinski definition) is 2. The summed E-state index contributed by atoms with van der Waals surface area (Å²) in [5, 5.41) is 1.05. The van der Waals surface area contributed by atoms with Crippen LogP contribution in [-0.4, -0.2) is 17.0 Å². The zero-order chi connectivity index (χ0) is 13.1. The van der Waals surface area contributed by atoms with Gasteiger partial charge in [-0.05, 0) is 31.0 Å². The fourth-order valence-corrected chi connectivity index (χ4v) is 2.26. The average molecular weight is 245 g/mol. The number of aromatic nitrogens is 1. The van der Waals surface area contributed by atoms with E-state index in [1.54, 1.807) is 11.5 Å². The summed E-state index contributed by atoms with van der Waals surface area (Å²) in [7, 11) is 0. The molecule has 4 nitrogen and oxygen atoms in total. The van der Waals surface area contributed by atoms with Crippen LogP contribution in [-0.2, 0) is 0 Å². The van der Waals surface area contributed by atoms with E-state index < -0.39 is 0 Å². The number of fused-ring (bicyclic) bond motifs is 1. The van der Waals surface area contributed by atoms with Crippen LogP contribution in [0.2, 0.25) is 0 Å². The van der Waals surface area contributed by atoms with Crippen LogP contribution in [0.3, 0.4) is 0 Å². The first-order chi connectivity index (χ1) is 8.65. The molecule has 0 unspecified atom stereocenters. The lowest BCUT2D eigenvalue weighted by atomic mass is 10.0. The lowest BCUT2D eigenvalue weighted by Gasteiger charge is -2.09. The van der Waals surface area contributed by atoms with Crippen LogP contribution in [0.5, 0.6) is 0 Å². The highest BCUT2D eigenvalue weighted by atomic mass is 16.1. The molecule has 0 saturated carbocycles. The van der Waals surface area contributed by atoms with Crippen molar-refractivity contribution in [1.82, 2.24) is 4.57 Å². The predicted octanol–water partition coefficient (Wildman–Crippen LogP) is 2.04. The maximum atomic E-state index is 11.6. The van der Waals surface area contributed by atoms with E-state index in [-0.39, 0.29) is 11.9 Å². The Hall–Kier alpha value is -1.65. The van der Waals surface area contributed by atoms with Gasteiger partial charge in [0, 0.05) is 24.5 Å². The lowest BCUT2D eigenvalue weighted by molar-refractivity contribution is 0.0941. The minimum Gasteiger partial charge on any atom is -0.330 e. The van der Waals surface area contributed by atoms with Gasteiger partial charge < -0.3 is 11.5 Å². The Labute approximate surface area is 107 Å². The van der Waals surface area contributed by atoms with Crippen LogP contribution < -0.4 is 11.5 Å². The summed E-state index contributed by atoms with van der Waals surface area (Å²) in [4.78, 5) is 11.6. The monoisotopic (exact) mass is 245 g/mol. The van der Waals surface area contributed by atoms with Gasteiger partial charge in [-0.1, -0.05) is 18.2 Å². The van der Waals surface area contributed by atoms with Crippen LogP contribution in [0.1, 0.15) is 36.2 Å². The molecular weight excluding hydrogens is 226 g/mol. The van der Waals surface area contributed by atoms with Gasteiger partial charge in [-0.2, -0.15) is 0 Å². The normalized spacial score (nSPS) is 12.8. The van der Waals surface area contributed by atoms with Gasteiger partial charge in [0.2, 0.25) is 5.91 Å². The van der Waals surface area contributed by atoms with Crippen LogP contribution in [0.15, 0.2) is 30.5 Å². The van der Waals surface area contributed by atoms with Crippen LogP contribution in [0.25, 0.3) is 10.9 Å². The van der Waals surface area contributed by atoms with Gasteiger partial charge in [0.1, 0.15) is 0 Å². The molecule has 0 aliphatic rings. The smallest absolute Gasteiger partial charge is 0.227 e. The molecule has 2 rings (SSSR count). The molecule has 0 fully saturated rings. The third-order valence-corrected chi connectivity index (χ3v) is 3.20. The topological polar surface area (TPSA) is 74.0 Å². The molecule has 0 bridgehead atoms. The Morgan fingerprint density at radius 1 is 1.39 bits per heavy atom. The van der Waals surface area contributed by atoms with Crippen molar-refractivity contribution in [3.8, 4) is 0 Å². The summed E-state index contributed by atoms with van der Waals surface area (Å²) in [6.45, 7) is 2.20. The molecule has 0 saturated heterocycles. The predicted molar refractivity (Wildman–Crippen MR) is 73.5 cm³/mol. The third kappa shape index (κ3) is 2.30. The van der Waals surface area contributed by atoms with E-state index >= 15 is 0 Å². The maximum Gasteiger partial charge on any atom is 0.227 e. The molecular formula is C14H19N3O. The van der Waals surface area contributed by atoms with E-state index in [2.05, 4.69) is 0 Å². The van der Waals surface area contributed by atoms with Gasteiger partial charge in [-0.25, -0.2) is 0 Å². The molecule has 1 heterocycles. The van der Waals surface area contributed by atoms with E-state index in [0.717, 1.165) is 29.3 Å². The summed E-state index contributed by atoms with van der Waals surface area (Å²) >= 11 is 0. The molecule has 0 aliphatic carbocycles. The Morgan fingerprint density at radius 2 is 2.11 bits per heavy atom.